The van der Waals surface area contributed by atoms with Gasteiger partial charge in [-0.3, -0.25) is 14.2 Å². The van der Waals surface area contributed by atoms with Crippen molar-refractivity contribution < 1.29 is 9.53 Å². The Hall–Kier alpha value is -2.32. The Labute approximate surface area is 142 Å². The van der Waals surface area contributed by atoms with Gasteiger partial charge in [0.05, 0.1) is 18.5 Å². The van der Waals surface area contributed by atoms with Gasteiger partial charge in [0, 0.05) is 25.2 Å². The maximum absolute atomic E-state index is 12.8. The van der Waals surface area contributed by atoms with Crippen LogP contribution >= 0.6 is 11.3 Å². The minimum atomic E-state index is -0.593. The van der Waals surface area contributed by atoms with Crippen LogP contribution in [0.1, 0.15) is 19.4 Å². The molecule has 0 fully saturated rings. The van der Waals surface area contributed by atoms with Crippen LogP contribution in [-0.2, 0) is 9.53 Å². The molecule has 8 heteroatoms. The number of aromatic nitrogens is 3. The maximum atomic E-state index is 12.8. The molecule has 1 atom stereocenters. The van der Waals surface area contributed by atoms with E-state index in [1.807, 2.05) is 19.1 Å². The van der Waals surface area contributed by atoms with E-state index in [1.165, 1.54) is 22.2 Å². The van der Waals surface area contributed by atoms with Crippen LogP contribution in [0.2, 0.25) is 0 Å². The van der Waals surface area contributed by atoms with Crippen molar-refractivity contribution >= 4 is 37.7 Å². The second-order valence-corrected chi connectivity index (χ2v) is 6.30. The minimum absolute atomic E-state index is 0.211. The van der Waals surface area contributed by atoms with E-state index in [0.29, 0.717) is 29.8 Å². The highest BCUT2D eigenvalue weighted by Crippen LogP contribution is 2.28. The van der Waals surface area contributed by atoms with E-state index < -0.39 is 6.04 Å². The lowest BCUT2D eigenvalue weighted by Gasteiger charge is -2.17. The van der Waals surface area contributed by atoms with Crippen molar-refractivity contribution in [1.29, 1.82) is 0 Å². The molecule has 24 heavy (non-hydrogen) atoms. The van der Waals surface area contributed by atoms with E-state index in [2.05, 4.69) is 15.3 Å². The third kappa shape index (κ3) is 2.90. The minimum Gasteiger partial charge on any atom is -0.383 e. The first-order chi connectivity index (χ1) is 11.7. The summed E-state index contributed by atoms with van der Waals surface area (Å²) in [4.78, 5) is 34.6. The Morgan fingerprint density at radius 2 is 2.29 bits per heavy atom. The Kier molecular flexibility index (Phi) is 4.86. The van der Waals surface area contributed by atoms with Crippen LogP contribution in [-0.4, -0.2) is 40.7 Å². The molecule has 7 nitrogen and oxygen atoms in total. The fourth-order valence-corrected chi connectivity index (χ4v) is 3.64. The van der Waals surface area contributed by atoms with Gasteiger partial charge in [-0.25, -0.2) is 9.97 Å². The monoisotopic (exact) mass is 346 g/mol. The summed E-state index contributed by atoms with van der Waals surface area (Å²) >= 11 is 1.30. The molecule has 3 rings (SSSR count). The van der Waals surface area contributed by atoms with Crippen LogP contribution in [0, 0.1) is 0 Å². The van der Waals surface area contributed by atoms with Crippen molar-refractivity contribution in [3.05, 3.63) is 35.0 Å². The fourth-order valence-electron chi connectivity index (χ4n) is 2.61. The SMILES string of the molecule is CCC(C(=O)NCCOC)n1cnc2c(sc3ncccc32)c1=O. The molecule has 0 spiro atoms. The summed E-state index contributed by atoms with van der Waals surface area (Å²) in [6.45, 7) is 2.70. The molecule has 3 aromatic heterocycles. The molecule has 0 aliphatic rings. The first-order valence-corrected chi connectivity index (χ1v) is 8.50. The van der Waals surface area contributed by atoms with Crippen LogP contribution in [0.25, 0.3) is 20.4 Å². The number of hydrogen-bond donors (Lipinski definition) is 1. The predicted molar refractivity (Wildman–Crippen MR) is 93.4 cm³/mol. The Balaban J connectivity index is 2.02. The highest BCUT2D eigenvalue weighted by Gasteiger charge is 2.21. The van der Waals surface area contributed by atoms with Crippen LogP contribution in [0.4, 0.5) is 0 Å². The lowest BCUT2D eigenvalue weighted by atomic mass is 10.2. The predicted octanol–water partition coefficient (Wildman–Crippen LogP) is 1.72. The van der Waals surface area contributed by atoms with Crippen molar-refractivity contribution in [1.82, 2.24) is 19.9 Å². The number of thiophene rings is 1. The van der Waals surface area contributed by atoms with Crippen LogP contribution in [0.5, 0.6) is 0 Å². The van der Waals surface area contributed by atoms with Gasteiger partial charge >= 0.3 is 0 Å². The lowest BCUT2D eigenvalue weighted by Crippen LogP contribution is -2.38. The number of nitrogens with one attached hydrogen (secondary N) is 1. The number of hydrogen-bond acceptors (Lipinski definition) is 6. The van der Waals surface area contributed by atoms with E-state index in [-0.39, 0.29) is 11.5 Å². The summed E-state index contributed by atoms with van der Waals surface area (Å²) in [5, 5.41) is 3.64. The zero-order valence-electron chi connectivity index (χ0n) is 13.5. The first kappa shape index (κ1) is 16.5. The summed E-state index contributed by atoms with van der Waals surface area (Å²) in [5.74, 6) is -0.211. The largest absolute Gasteiger partial charge is 0.383 e. The topological polar surface area (TPSA) is 86.1 Å². The average Bonchev–Trinajstić information content (AvgIpc) is 2.97. The normalized spacial score (nSPS) is 12.6. The third-order valence-corrected chi connectivity index (χ3v) is 4.90. The first-order valence-electron chi connectivity index (χ1n) is 7.68. The number of methoxy groups -OCH3 is 1. The number of amides is 1. The molecular weight excluding hydrogens is 328 g/mol. The Bertz CT molecular complexity index is 934. The van der Waals surface area contributed by atoms with Gasteiger partial charge in [0.25, 0.3) is 5.56 Å². The molecule has 0 aromatic carbocycles. The Morgan fingerprint density at radius 3 is 3.04 bits per heavy atom. The van der Waals surface area contributed by atoms with Gasteiger partial charge in [0.1, 0.15) is 15.6 Å². The molecule has 0 radical (unpaired) electrons. The van der Waals surface area contributed by atoms with Crippen molar-refractivity contribution in [3.63, 3.8) is 0 Å². The third-order valence-electron chi connectivity index (χ3n) is 3.81. The number of ether oxygens (including phenoxy) is 1. The molecule has 1 unspecified atom stereocenters. The van der Waals surface area contributed by atoms with E-state index in [1.54, 1.807) is 13.3 Å². The van der Waals surface area contributed by atoms with Gasteiger partial charge in [-0.1, -0.05) is 6.92 Å². The molecule has 126 valence electrons. The number of fused-ring (bicyclic) bond motifs is 3. The second kappa shape index (κ2) is 7.06. The summed E-state index contributed by atoms with van der Waals surface area (Å²) in [5.41, 5.74) is 0.427. The maximum Gasteiger partial charge on any atom is 0.272 e. The summed E-state index contributed by atoms with van der Waals surface area (Å²) in [6, 6.07) is 3.12. The van der Waals surface area contributed by atoms with E-state index in [0.717, 1.165) is 10.2 Å². The Morgan fingerprint density at radius 1 is 1.46 bits per heavy atom. The number of carbonyl (C=O) groups is 1. The molecule has 3 heterocycles. The molecule has 0 saturated carbocycles. The lowest BCUT2D eigenvalue weighted by molar-refractivity contribution is -0.124. The van der Waals surface area contributed by atoms with Crippen molar-refractivity contribution in [2.24, 2.45) is 0 Å². The summed E-state index contributed by atoms with van der Waals surface area (Å²) in [7, 11) is 1.57. The van der Waals surface area contributed by atoms with Crippen molar-refractivity contribution in [2.75, 3.05) is 20.3 Å². The second-order valence-electron chi connectivity index (χ2n) is 5.30. The number of pyridine rings is 1. The molecule has 1 N–H and O–H groups in total. The summed E-state index contributed by atoms with van der Waals surface area (Å²) < 4.78 is 6.85. The van der Waals surface area contributed by atoms with Gasteiger partial charge in [-0.05, 0) is 18.6 Å². The van der Waals surface area contributed by atoms with Gasteiger partial charge in [0.2, 0.25) is 5.91 Å². The number of nitrogens with zero attached hydrogens (tertiary/aromatic N) is 3. The number of carbonyl (C=O) groups excluding carboxylic acids is 1. The van der Waals surface area contributed by atoms with Crippen molar-refractivity contribution in [3.8, 4) is 0 Å². The van der Waals surface area contributed by atoms with Gasteiger partial charge < -0.3 is 10.1 Å². The standard InChI is InChI=1S/C16H18N4O3S/c1-3-11(14(21)17-7-8-23-2)20-9-19-12-10-5-4-6-18-15(10)24-13(12)16(20)22/h4-6,9,11H,3,7-8H2,1-2H3,(H,17,21). The van der Waals surface area contributed by atoms with Crippen LogP contribution in [0.3, 0.4) is 0 Å². The fraction of sp³-hybridized carbons (Fsp3) is 0.375. The van der Waals surface area contributed by atoms with E-state index in [4.69, 9.17) is 4.74 Å². The molecule has 3 aromatic rings. The summed E-state index contributed by atoms with van der Waals surface area (Å²) in [6.07, 6.45) is 3.64. The van der Waals surface area contributed by atoms with Gasteiger partial charge in [-0.15, -0.1) is 11.3 Å². The highest BCUT2D eigenvalue weighted by atomic mass is 32.1. The number of rotatable bonds is 6. The molecular formula is C16H18N4O3S. The van der Waals surface area contributed by atoms with E-state index >= 15 is 0 Å². The molecule has 0 saturated heterocycles. The quantitative estimate of drug-likeness (QED) is 0.687. The molecule has 1 amide bonds. The van der Waals surface area contributed by atoms with Crippen molar-refractivity contribution in [2.45, 2.75) is 19.4 Å². The van der Waals surface area contributed by atoms with Gasteiger partial charge in [-0.2, -0.15) is 0 Å². The zero-order chi connectivity index (χ0) is 17.1. The van der Waals surface area contributed by atoms with Gasteiger partial charge in [0.15, 0.2) is 0 Å². The smallest absolute Gasteiger partial charge is 0.272 e. The van der Waals surface area contributed by atoms with Crippen LogP contribution < -0.4 is 10.9 Å². The highest BCUT2D eigenvalue weighted by molar-refractivity contribution is 7.25. The zero-order valence-corrected chi connectivity index (χ0v) is 14.3. The molecule has 0 aliphatic heterocycles. The van der Waals surface area contributed by atoms with E-state index in [9.17, 15) is 9.59 Å². The molecule has 0 bridgehead atoms. The van der Waals surface area contributed by atoms with Crippen LogP contribution in [0.15, 0.2) is 29.5 Å². The average molecular weight is 346 g/mol. The molecule has 0 aliphatic carbocycles.